The molecule has 0 saturated heterocycles. The Hall–Kier alpha value is -3.42. The van der Waals surface area contributed by atoms with Crippen LogP contribution in [0.15, 0.2) is 46.6 Å². The Morgan fingerprint density at radius 3 is 2.44 bits per heavy atom. The molecule has 0 radical (unpaired) electrons. The highest BCUT2D eigenvalue weighted by molar-refractivity contribution is 5.97. The molecule has 8 heteroatoms. The van der Waals surface area contributed by atoms with Gasteiger partial charge in [-0.05, 0) is 30.3 Å². The third-order valence-corrected chi connectivity index (χ3v) is 3.55. The molecule has 0 aliphatic carbocycles. The molecule has 0 aliphatic heterocycles. The van der Waals surface area contributed by atoms with Crippen LogP contribution in [0.5, 0.6) is 17.4 Å². The molecule has 0 unspecified atom stereocenters. The van der Waals surface area contributed by atoms with Crippen molar-refractivity contribution in [2.24, 2.45) is 10.2 Å². The molecule has 0 fully saturated rings. The van der Waals surface area contributed by atoms with Crippen molar-refractivity contribution in [2.45, 2.75) is 0 Å². The molecule has 128 valence electrons. The van der Waals surface area contributed by atoms with Gasteiger partial charge in [0.05, 0.1) is 25.3 Å². The van der Waals surface area contributed by atoms with E-state index < -0.39 is 11.7 Å². The fourth-order valence-electron chi connectivity index (χ4n) is 2.33. The molecule has 1 aromatic heterocycles. The lowest BCUT2D eigenvalue weighted by atomic mass is 10.2. The summed E-state index contributed by atoms with van der Waals surface area (Å²) in [6.45, 7) is 0. The second-order valence-corrected chi connectivity index (χ2v) is 5.12. The number of aromatic nitrogens is 1. The van der Waals surface area contributed by atoms with E-state index in [1.807, 2.05) is 0 Å². The molecule has 3 aromatic rings. The van der Waals surface area contributed by atoms with Gasteiger partial charge >= 0.3 is 0 Å². The summed E-state index contributed by atoms with van der Waals surface area (Å²) in [7, 11) is 2.93. The van der Waals surface area contributed by atoms with E-state index in [0.717, 1.165) is 0 Å². The van der Waals surface area contributed by atoms with Gasteiger partial charge in [0.2, 0.25) is 5.88 Å². The van der Waals surface area contributed by atoms with E-state index >= 15 is 0 Å². The molecule has 2 N–H and O–H groups in total. The summed E-state index contributed by atoms with van der Waals surface area (Å²) < 4.78 is 23.4. The number of aromatic hydroxyl groups is 1. The number of nitrogens with zero attached hydrogens (tertiary/aromatic N) is 2. The van der Waals surface area contributed by atoms with Gasteiger partial charge in [-0.25, -0.2) is 4.39 Å². The minimum atomic E-state index is -0.645. The van der Waals surface area contributed by atoms with E-state index in [1.54, 1.807) is 6.07 Å². The van der Waals surface area contributed by atoms with Crippen LogP contribution in [0.2, 0.25) is 0 Å². The Morgan fingerprint density at radius 2 is 1.80 bits per heavy atom. The minimum absolute atomic E-state index is 0.0539. The number of fused-ring (bicyclic) bond motifs is 1. The summed E-state index contributed by atoms with van der Waals surface area (Å²) in [5.41, 5.74) is 0.616. The van der Waals surface area contributed by atoms with Crippen molar-refractivity contribution in [1.82, 2.24) is 4.98 Å². The number of H-pyrrole nitrogens is 1. The summed E-state index contributed by atoms with van der Waals surface area (Å²) in [6.07, 6.45) is 0. The predicted octanol–water partition coefficient (Wildman–Crippen LogP) is 3.95. The summed E-state index contributed by atoms with van der Waals surface area (Å²) in [5, 5.41) is 17.8. The average molecular weight is 343 g/mol. The Bertz CT molecular complexity index is 959. The van der Waals surface area contributed by atoms with Gasteiger partial charge < -0.3 is 19.6 Å². The van der Waals surface area contributed by atoms with E-state index in [4.69, 9.17) is 9.47 Å². The van der Waals surface area contributed by atoms with E-state index in [9.17, 15) is 14.3 Å². The summed E-state index contributed by atoms with van der Waals surface area (Å²) in [6, 6.07) is 8.48. The molecule has 0 bridgehead atoms. The maximum Gasteiger partial charge on any atom is 0.295 e. The van der Waals surface area contributed by atoms with Crippen LogP contribution in [0.1, 0.15) is 10.4 Å². The first-order valence-corrected chi connectivity index (χ1v) is 7.21. The Balaban J connectivity index is 1.95. The second kappa shape index (κ2) is 6.60. The normalized spacial score (nSPS) is 11.2. The van der Waals surface area contributed by atoms with E-state index in [2.05, 4.69) is 15.2 Å². The monoisotopic (exact) mass is 343 g/mol. The molecule has 0 atom stereocenters. The number of aromatic amines is 1. The van der Waals surface area contributed by atoms with Crippen LogP contribution in [0.3, 0.4) is 0 Å². The second-order valence-electron chi connectivity index (χ2n) is 5.12. The molecule has 0 spiro atoms. The number of ether oxygens (including phenoxy) is 2. The van der Waals surface area contributed by atoms with Gasteiger partial charge in [-0.15, -0.1) is 10.2 Å². The number of carbonyl (C=O) groups is 1. The summed E-state index contributed by atoms with van der Waals surface area (Å²) in [5.74, 6) is -0.545. The van der Waals surface area contributed by atoms with Crippen molar-refractivity contribution in [2.75, 3.05) is 14.2 Å². The number of nitrogens with one attached hydrogen (secondary N) is 1. The highest BCUT2D eigenvalue weighted by atomic mass is 19.1. The van der Waals surface area contributed by atoms with Gasteiger partial charge in [0.1, 0.15) is 17.3 Å². The first-order valence-electron chi connectivity index (χ1n) is 7.21. The number of methoxy groups -OCH3 is 2. The number of rotatable bonds is 4. The van der Waals surface area contributed by atoms with Crippen LogP contribution >= 0.6 is 0 Å². The van der Waals surface area contributed by atoms with Gasteiger partial charge in [-0.2, -0.15) is 0 Å². The van der Waals surface area contributed by atoms with Gasteiger partial charge in [0, 0.05) is 11.5 Å². The Kier molecular flexibility index (Phi) is 4.34. The maximum atomic E-state index is 13.2. The first kappa shape index (κ1) is 16.4. The van der Waals surface area contributed by atoms with Crippen LogP contribution < -0.4 is 9.47 Å². The van der Waals surface area contributed by atoms with Crippen LogP contribution in [0.25, 0.3) is 10.9 Å². The van der Waals surface area contributed by atoms with Gasteiger partial charge in [0.25, 0.3) is 5.91 Å². The summed E-state index contributed by atoms with van der Waals surface area (Å²) in [4.78, 5) is 14.8. The van der Waals surface area contributed by atoms with Crippen molar-refractivity contribution in [3.63, 3.8) is 0 Å². The van der Waals surface area contributed by atoms with Crippen molar-refractivity contribution in [1.29, 1.82) is 0 Å². The molecule has 0 aliphatic rings. The van der Waals surface area contributed by atoms with E-state index in [1.165, 1.54) is 44.6 Å². The lowest BCUT2D eigenvalue weighted by Gasteiger charge is -2.05. The molecule has 3 rings (SSSR count). The lowest BCUT2D eigenvalue weighted by molar-refractivity contribution is 0.0994. The third kappa shape index (κ3) is 3.27. The molecule has 25 heavy (non-hydrogen) atoms. The molecule has 7 nitrogen and oxygen atoms in total. The fourth-order valence-corrected chi connectivity index (χ4v) is 2.33. The zero-order valence-electron chi connectivity index (χ0n) is 13.4. The quantitative estimate of drug-likeness (QED) is 0.701. The van der Waals surface area contributed by atoms with Crippen molar-refractivity contribution in [3.05, 3.63) is 47.8 Å². The highest BCUT2D eigenvalue weighted by Crippen LogP contribution is 2.35. The number of hydrogen-bond donors (Lipinski definition) is 2. The smallest absolute Gasteiger partial charge is 0.295 e. The maximum absolute atomic E-state index is 13.2. The minimum Gasteiger partial charge on any atom is -0.497 e. The lowest BCUT2D eigenvalue weighted by Crippen LogP contribution is -1.96. The van der Waals surface area contributed by atoms with Gasteiger partial charge in [-0.3, -0.25) is 4.79 Å². The average Bonchev–Trinajstić information content (AvgIpc) is 2.93. The van der Waals surface area contributed by atoms with Crippen molar-refractivity contribution >= 4 is 22.5 Å². The Labute approximate surface area is 141 Å². The zero-order valence-corrected chi connectivity index (χ0v) is 13.4. The van der Waals surface area contributed by atoms with Crippen LogP contribution in [0, 0.1) is 5.82 Å². The SMILES string of the molecule is COc1cc(OC)cc(C(=O)N=Nc2c(O)[nH]c3cc(F)ccc23)c1. The molecular formula is C17H14FN3O4. The molecular weight excluding hydrogens is 329 g/mol. The van der Waals surface area contributed by atoms with Crippen molar-refractivity contribution in [3.8, 4) is 17.4 Å². The topological polar surface area (TPSA) is 96.3 Å². The van der Waals surface area contributed by atoms with Gasteiger partial charge in [-0.1, -0.05) is 0 Å². The number of benzene rings is 2. The standard InChI is InChI=1S/C17H14FN3O4/c1-24-11-5-9(6-12(8-11)25-2)16(22)21-20-15-13-4-3-10(18)7-14(13)19-17(15)23/h3-8,19,23H,1-2H3. The zero-order chi connectivity index (χ0) is 18.0. The number of azo groups is 1. The Morgan fingerprint density at radius 1 is 1.12 bits per heavy atom. The third-order valence-electron chi connectivity index (χ3n) is 3.55. The number of amides is 1. The predicted molar refractivity (Wildman–Crippen MR) is 88.3 cm³/mol. The molecule has 1 amide bonds. The van der Waals surface area contributed by atoms with E-state index in [0.29, 0.717) is 22.4 Å². The first-order chi connectivity index (χ1) is 12.0. The summed E-state index contributed by atoms with van der Waals surface area (Å²) >= 11 is 0. The number of halogens is 1. The molecule has 1 heterocycles. The van der Waals surface area contributed by atoms with Crippen LogP contribution in [0.4, 0.5) is 10.1 Å². The van der Waals surface area contributed by atoms with Crippen LogP contribution in [-0.2, 0) is 0 Å². The number of carbonyl (C=O) groups excluding carboxylic acids is 1. The fraction of sp³-hybridized carbons (Fsp3) is 0.118. The van der Waals surface area contributed by atoms with Crippen LogP contribution in [-0.4, -0.2) is 30.2 Å². The van der Waals surface area contributed by atoms with Crippen molar-refractivity contribution < 1.29 is 23.8 Å². The van der Waals surface area contributed by atoms with Gasteiger partial charge in [0.15, 0.2) is 5.69 Å². The number of hydrogen-bond acceptors (Lipinski definition) is 5. The van der Waals surface area contributed by atoms with E-state index in [-0.39, 0.29) is 17.1 Å². The molecule has 0 saturated carbocycles. The molecule has 2 aromatic carbocycles. The highest BCUT2D eigenvalue weighted by Gasteiger charge is 2.13. The largest absolute Gasteiger partial charge is 0.497 e.